The number of fused-ring (bicyclic) bond motifs is 1. The summed E-state index contributed by atoms with van der Waals surface area (Å²) in [5.74, 6) is -1.38. The first-order valence-corrected chi connectivity index (χ1v) is 17.0. The number of hydrogen-bond donors (Lipinski definition) is 2. The van der Waals surface area contributed by atoms with Crippen molar-refractivity contribution in [1.82, 2.24) is 14.3 Å². The first-order chi connectivity index (χ1) is 20.2. The number of sulfonamides is 1. The molecule has 2 aromatic heterocycles. The summed E-state index contributed by atoms with van der Waals surface area (Å²) in [5, 5.41) is 12.9. The van der Waals surface area contributed by atoms with Crippen LogP contribution in [0.5, 0.6) is 0 Å². The Morgan fingerprint density at radius 2 is 1.83 bits per heavy atom. The Kier molecular flexibility index (Phi) is 10.1. The lowest BCUT2D eigenvalue weighted by Crippen LogP contribution is -2.38. The normalized spacial score (nSPS) is 18.9. The lowest BCUT2D eigenvalue weighted by Gasteiger charge is -2.27. The molecule has 1 aliphatic heterocycles. The maximum absolute atomic E-state index is 13.7. The van der Waals surface area contributed by atoms with E-state index < -0.39 is 21.9 Å². The zero-order valence-corrected chi connectivity index (χ0v) is 25.6. The third-order valence-corrected chi connectivity index (χ3v) is 11.0. The minimum atomic E-state index is -3.98. The van der Waals surface area contributed by atoms with Crippen molar-refractivity contribution in [3.05, 3.63) is 47.1 Å². The number of carbonyl (C=O) groups excluding carboxylic acids is 1. The van der Waals surface area contributed by atoms with E-state index in [-0.39, 0.29) is 36.4 Å². The maximum atomic E-state index is 13.7. The zero-order valence-electron chi connectivity index (χ0n) is 23.2. The molecule has 2 fully saturated rings. The topological polar surface area (TPSA) is 139 Å². The number of carboxylic acids is 1. The number of nitrogens with zero attached hydrogens (tertiary/aromatic N) is 3. The Morgan fingerprint density at radius 1 is 1.07 bits per heavy atom. The SMILES string of the molecule is O=C(O)CCN(CC1CCCO1)S(=O)(=O)c1ccc([C@@H](CC2CCCCC2)C(=O)Nc2nc3ccc(Cl)nc3s2)cc1. The second-order valence-electron chi connectivity index (χ2n) is 11.0. The lowest BCUT2D eigenvalue weighted by atomic mass is 9.80. The van der Waals surface area contributed by atoms with Crippen molar-refractivity contribution in [2.45, 2.75) is 74.7 Å². The highest BCUT2D eigenvalue weighted by molar-refractivity contribution is 7.89. The van der Waals surface area contributed by atoms with E-state index in [2.05, 4.69) is 15.3 Å². The quantitative estimate of drug-likeness (QED) is 0.243. The number of hydrogen-bond acceptors (Lipinski definition) is 8. The monoisotopic (exact) mass is 634 g/mol. The molecule has 3 aromatic rings. The van der Waals surface area contributed by atoms with Crippen LogP contribution in [0.2, 0.25) is 5.15 Å². The van der Waals surface area contributed by atoms with Gasteiger partial charge in [-0.15, -0.1) is 0 Å². The molecule has 1 saturated carbocycles. The molecule has 1 unspecified atom stereocenters. The van der Waals surface area contributed by atoms with Gasteiger partial charge >= 0.3 is 5.97 Å². The summed E-state index contributed by atoms with van der Waals surface area (Å²) >= 11 is 7.26. The molecule has 1 aliphatic carbocycles. The van der Waals surface area contributed by atoms with Crippen LogP contribution in [-0.4, -0.2) is 65.5 Å². The molecule has 5 rings (SSSR count). The molecule has 1 saturated heterocycles. The van der Waals surface area contributed by atoms with Gasteiger partial charge in [0.25, 0.3) is 0 Å². The van der Waals surface area contributed by atoms with Gasteiger partial charge in [0.1, 0.15) is 15.5 Å². The van der Waals surface area contributed by atoms with E-state index in [1.165, 1.54) is 34.2 Å². The fraction of sp³-hybridized carbons (Fsp3) is 0.517. The van der Waals surface area contributed by atoms with Gasteiger partial charge in [0.15, 0.2) is 5.13 Å². The van der Waals surface area contributed by atoms with Crippen molar-refractivity contribution in [2.24, 2.45) is 5.92 Å². The molecule has 1 aromatic carbocycles. The third-order valence-electron chi connectivity index (χ3n) is 7.99. The van der Waals surface area contributed by atoms with E-state index in [1.807, 2.05) is 0 Å². The van der Waals surface area contributed by atoms with Gasteiger partial charge in [-0.05, 0) is 55.0 Å². The average molecular weight is 635 g/mol. The highest BCUT2D eigenvalue weighted by Crippen LogP contribution is 2.35. The number of anilines is 1. The van der Waals surface area contributed by atoms with E-state index in [1.54, 1.807) is 24.3 Å². The largest absolute Gasteiger partial charge is 0.481 e. The number of pyridine rings is 1. The summed E-state index contributed by atoms with van der Waals surface area (Å²) in [6.07, 6.45) is 7.25. The van der Waals surface area contributed by atoms with Crippen LogP contribution in [0.1, 0.15) is 69.3 Å². The number of amides is 1. The van der Waals surface area contributed by atoms with Crippen LogP contribution in [0, 0.1) is 5.92 Å². The summed E-state index contributed by atoms with van der Waals surface area (Å²) < 4.78 is 34.0. The number of halogens is 1. The highest BCUT2D eigenvalue weighted by atomic mass is 35.5. The van der Waals surface area contributed by atoms with E-state index >= 15 is 0 Å². The van der Waals surface area contributed by atoms with Gasteiger partial charge in [0, 0.05) is 19.7 Å². The fourth-order valence-corrected chi connectivity index (χ4v) is 8.27. The molecule has 2 aliphatic rings. The van der Waals surface area contributed by atoms with E-state index in [0.29, 0.717) is 39.6 Å². The molecular formula is C29H35ClN4O6S2. The third kappa shape index (κ3) is 7.65. The smallest absolute Gasteiger partial charge is 0.304 e. The molecule has 0 bridgehead atoms. The minimum absolute atomic E-state index is 0.0561. The Hall–Kier alpha value is -2.64. The summed E-state index contributed by atoms with van der Waals surface area (Å²) in [7, 11) is -3.98. The van der Waals surface area contributed by atoms with Crippen molar-refractivity contribution >= 4 is 60.3 Å². The van der Waals surface area contributed by atoms with Gasteiger partial charge < -0.3 is 15.2 Å². The van der Waals surface area contributed by atoms with Crippen LogP contribution in [0.15, 0.2) is 41.3 Å². The van der Waals surface area contributed by atoms with E-state index in [4.69, 9.17) is 16.3 Å². The summed E-state index contributed by atoms with van der Waals surface area (Å²) in [4.78, 5) is 34.4. The van der Waals surface area contributed by atoms with Crippen molar-refractivity contribution < 1.29 is 27.9 Å². The average Bonchev–Trinajstić information content (AvgIpc) is 3.63. The number of rotatable bonds is 12. The van der Waals surface area contributed by atoms with Gasteiger partial charge in [-0.1, -0.05) is 67.2 Å². The van der Waals surface area contributed by atoms with Crippen LogP contribution in [0.25, 0.3) is 10.3 Å². The highest BCUT2D eigenvalue weighted by Gasteiger charge is 2.31. The van der Waals surface area contributed by atoms with Gasteiger partial charge in [-0.3, -0.25) is 9.59 Å². The van der Waals surface area contributed by atoms with Crippen molar-refractivity contribution in [3.63, 3.8) is 0 Å². The van der Waals surface area contributed by atoms with Gasteiger partial charge in [-0.25, -0.2) is 18.4 Å². The molecule has 226 valence electrons. The molecule has 42 heavy (non-hydrogen) atoms. The molecule has 2 atom stereocenters. The van der Waals surface area contributed by atoms with Crippen LogP contribution < -0.4 is 5.32 Å². The Balaban J connectivity index is 1.37. The predicted molar refractivity (Wildman–Crippen MR) is 161 cm³/mol. The number of thiazole rings is 1. The van der Waals surface area contributed by atoms with Crippen molar-refractivity contribution in [2.75, 3.05) is 25.0 Å². The number of aromatic nitrogens is 2. The standard InChI is InChI=1S/C29H35ClN4O6S2/c30-25-13-12-24-28(32-25)41-29(31-24)33-27(37)23(17-19-5-2-1-3-6-19)20-8-10-22(11-9-20)42(38,39)34(15-14-26(35)36)18-21-7-4-16-40-21/h8-13,19,21,23H,1-7,14-18H2,(H,35,36)(H,31,33,37)/t21?,23-/m1/s1. The number of nitrogens with one attached hydrogen (secondary N) is 1. The molecule has 0 spiro atoms. The Labute approximate surface area is 254 Å². The summed E-state index contributed by atoms with van der Waals surface area (Å²) in [6, 6.07) is 9.83. The van der Waals surface area contributed by atoms with Crippen LogP contribution >= 0.6 is 22.9 Å². The Morgan fingerprint density at radius 3 is 2.52 bits per heavy atom. The molecule has 2 N–H and O–H groups in total. The molecule has 0 radical (unpaired) electrons. The van der Waals surface area contributed by atoms with Crippen LogP contribution in [-0.2, 0) is 24.3 Å². The minimum Gasteiger partial charge on any atom is -0.481 e. The number of ether oxygens (including phenoxy) is 1. The predicted octanol–water partition coefficient (Wildman–Crippen LogP) is 5.68. The van der Waals surface area contributed by atoms with E-state index in [9.17, 15) is 23.1 Å². The van der Waals surface area contributed by atoms with Crippen LogP contribution in [0.3, 0.4) is 0 Å². The number of aliphatic carboxylic acids is 1. The molecule has 10 nitrogen and oxygen atoms in total. The second kappa shape index (κ2) is 13.8. The molecular weight excluding hydrogens is 600 g/mol. The summed E-state index contributed by atoms with van der Waals surface area (Å²) in [6.45, 7) is 0.526. The molecule has 1 amide bonds. The number of carboxylic acid groups (broad SMARTS) is 1. The second-order valence-corrected chi connectivity index (χ2v) is 14.3. The summed E-state index contributed by atoms with van der Waals surface area (Å²) in [5.41, 5.74) is 1.36. The van der Waals surface area contributed by atoms with Gasteiger partial charge in [-0.2, -0.15) is 4.31 Å². The zero-order chi connectivity index (χ0) is 29.7. The molecule has 3 heterocycles. The van der Waals surface area contributed by atoms with Crippen molar-refractivity contribution in [3.8, 4) is 0 Å². The first kappa shape index (κ1) is 30.8. The number of carbonyl (C=O) groups is 2. The lowest BCUT2D eigenvalue weighted by molar-refractivity contribution is -0.137. The van der Waals surface area contributed by atoms with Gasteiger partial charge in [0.05, 0.1) is 23.3 Å². The maximum Gasteiger partial charge on any atom is 0.304 e. The van der Waals surface area contributed by atoms with E-state index in [0.717, 1.165) is 44.1 Å². The number of benzene rings is 1. The Bertz CT molecular complexity index is 1500. The van der Waals surface area contributed by atoms with Crippen LogP contribution in [0.4, 0.5) is 5.13 Å². The van der Waals surface area contributed by atoms with Crippen molar-refractivity contribution in [1.29, 1.82) is 0 Å². The fourth-order valence-electron chi connectivity index (χ4n) is 5.76. The molecule has 13 heteroatoms. The first-order valence-electron chi connectivity index (χ1n) is 14.4. The van der Waals surface area contributed by atoms with Gasteiger partial charge in [0.2, 0.25) is 15.9 Å².